The molecule has 90 valence electrons. The number of hydrogen-bond acceptors (Lipinski definition) is 3. The van der Waals surface area contributed by atoms with Crippen LogP contribution in [0.3, 0.4) is 0 Å². The zero-order valence-electron chi connectivity index (χ0n) is 8.99. The minimum absolute atomic E-state index is 0.0627. The molecule has 0 fully saturated rings. The Kier molecular flexibility index (Phi) is 5.14. The second-order valence-corrected chi connectivity index (χ2v) is 3.35. The Labute approximate surface area is 93.0 Å². The highest BCUT2D eigenvalue weighted by molar-refractivity contribution is 5.28. The Balaban J connectivity index is 2.56. The van der Waals surface area contributed by atoms with Crippen LogP contribution in [0, 0.1) is 0 Å². The SMILES string of the molecule is CC(NCCO)c1ccc(OC(F)F)cc1. The average molecular weight is 231 g/mol. The lowest BCUT2D eigenvalue weighted by atomic mass is 10.1. The number of ether oxygens (including phenoxy) is 1. The van der Waals surface area contributed by atoms with E-state index in [2.05, 4.69) is 10.1 Å². The first-order chi connectivity index (χ1) is 7.63. The lowest BCUT2D eigenvalue weighted by molar-refractivity contribution is -0.0498. The monoisotopic (exact) mass is 231 g/mol. The van der Waals surface area contributed by atoms with E-state index in [1.165, 1.54) is 12.1 Å². The van der Waals surface area contributed by atoms with Gasteiger partial charge in [-0.3, -0.25) is 0 Å². The predicted molar refractivity (Wildman–Crippen MR) is 56.6 cm³/mol. The number of benzene rings is 1. The molecular weight excluding hydrogens is 216 g/mol. The molecule has 5 heteroatoms. The van der Waals surface area contributed by atoms with Crippen LogP contribution >= 0.6 is 0 Å². The first-order valence-corrected chi connectivity index (χ1v) is 5.02. The zero-order valence-corrected chi connectivity index (χ0v) is 8.99. The van der Waals surface area contributed by atoms with Gasteiger partial charge < -0.3 is 15.2 Å². The molecule has 2 N–H and O–H groups in total. The summed E-state index contributed by atoms with van der Waals surface area (Å²) < 4.78 is 28.0. The molecule has 0 spiro atoms. The van der Waals surface area contributed by atoms with E-state index in [1.54, 1.807) is 12.1 Å². The van der Waals surface area contributed by atoms with Crippen LogP contribution in [0.5, 0.6) is 5.75 Å². The Bertz CT molecular complexity index is 303. The lowest BCUT2D eigenvalue weighted by Crippen LogP contribution is -2.21. The van der Waals surface area contributed by atoms with Crippen molar-refractivity contribution in [3.05, 3.63) is 29.8 Å². The lowest BCUT2D eigenvalue weighted by Gasteiger charge is -2.13. The molecule has 16 heavy (non-hydrogen) atoms. The summed E-state index contributed by atoms with van der Waals surface area (Å²) >= 11 is 0. The Morgan fingerprint density at radius 3 is 2.44 bits per heavy atom. The summed E-state index contributed by atoms with van der Waals surface area (Å²) in [6.45, 7) is -0.303. The van der Waals surface area contributed by atoms with E-state index in [0.717, 1.165) is 5.56 Å². The topological polar surface area (TPSA) is 41.5 Å². The molecule has 0 aliphatic carbocycles. The summed E-state index contributed by atoms with van der Waals surface area (Å²) in [5, 5.41) is 11.7. The van der Waals surface area contributed by atoms with Crippen LogP contribution in [-0.2, 0) is 0 Å². The van der Waals surface area contributed by atoms with Crippen LogP contribution < -0.4 is 10.1 Å². The summed E-state index contributed by atoms with van der Waals surface area (Å²) in [6.07, 6.45) is 0. The highest BCUT2D eigenvalue weighted by Crippen LogP contribution is 2.18. The normalized spacial score (nSPS) is 12.8. The molecule has 1 atom stereocenters. The van der Waals surface area contributed by atoms with Crippen LogP contribution in [0.1, 0.15) is 18.5 Å². The molecule has 1 aromatic carbocycles. The van der Waals surface area contributed by atoms with Crippen molar-refractivity contribution in [2.24, 2.45) is 0 Å². The van der Waals surface area contributed by atoms with E-state index in [-0.39, 0.29) is 18.4 Å². The van der Waals surface area contributed by atoms with Crippen LogP contribution in [-0.4, -0.2) is 24.9 Å². The molecular formula is C11H15F2NO2. The largest absolute Gasteiger partial charge is 0.435 e. The molecule has 0 bridgehead atoms. The fraction of sp³-hybridized carbons (Fsp3) is 0.455. The van der Waals surface area contributed by atoms with Crippen LogP contribution in [0.25, 0.3) is 0 Å². The smallest absolute Gasteiger partial charge is 0.387 e. The first-order valence-electron chi connectivity index (χ1n) is 5.02. The second kappa shape index (κ2) is 6.40. The van der Waals surface area contributed by atoms with Gasteiger partial charge in [0.15, 0.2) is 0 Å². The fourth-order valence-electron chi connectivity index (χ4n) is 1.34. The fourth-order valence-corrected chi connectivity index (χ4v) is 1.34. The highest BCUT2D eigenvalue weighted by atomic mass is 19.3. The highest BCUT2D eigenvalue weighted by Gasteiger charge is 2.06. The van der Waals surface area contributed by atoms with E-state index in [0.29, 0.717) is 6.54 Å². The minimum atomic E-state index is -2.80. The quantitative estimate of drug-likeness (QED) is 0.786. The van der Waals surface area contributed by atoms with Gasteiger partial charge in [-0.15, -0.1) is 0 Å². The van der Waals surface area contributed by atoms with Crippen molar-refractivity contribution in [3.8, 4) is 5.75 Å². The maximum atomic E-state index is 11.9. The number of aliphatic hydroxyl groups is 1. The molecule has 0 heterocycles. The van der Waals surface area contributed by atoms with Crippen molar-refractivity contribution in [2.75, 3.05) is 13.2 Å². The van der Waals surface area contributed by atoms with Crippen molar-refractivity contribution >= 4 is 0 Å². The van der Waals surface area contributed by atoms with Gasteiger partial charge in [0.05, 0.1) is 6.61 Å². The van der Waals surface area contributed by atoms with Gasteiger partial charge in [0, 0.05) is 12.6 Å². The molecule has 0 amide bonds. The third-order valence-electron chi connectivity index (χ3n) is 2.17. The van der Waals surface area contributed by atoms with Crippen molar-refractivity contribution in [1.82, 2.24) is 5.32 Å². The van der Waals surface area contributed by atoms with Gasteiger partial charge >= 0.3 is 6.61 Å². The third-order valence-corrected chi connectivity index (χ3v) is 2.17. The maximum absolute atomic E-state index is 11.9. The molecule has 0 saturated heterocycles. The van der Waals surface area contributed by atoms with Gasteiger partial charge in [0.2, 0.25) is 0 Å². The molecule has 1 rings (SSSR count). The number of alkyl halides is 2. The molecule has 0 aliphatic heterocycles. The molecule has 1 aromatic rings. The number of hydrogen-bond donors (Lipinski definition) is 2. The third kappa shape index (κ3) is 4.12. The summed E-state index contributed by atoms with van der Waals surface area (Å²) in [5.74, 6) is 0.146. The molecule has 1 unspecified atom stereocenters. The van der Waals surface area contributed by atoms with E-state index in [1.807, 2.05) is 6.92 Å². The number of aliphatic hydroxyl groups excluding tert-OH is 1. The predicted octanol–water partition coefficient (Wildman–Crippen LogP) is 1.93. The summed E-state index contributed by atoms with van der Waals surface area (Å²) in [4.78, 5) is 0. The van der Waals surface area contributed by atoms with E-state index >= 15 is 0 Å². The van der Waals surface area contributed by atoms with Crippen LogP contribution in [0.15, 0.2) is 24.3 Å². The van der Waals surface area contributed by atoms with Gasteiger partial charge in [-0.05, 0) is 24.6 Å². The van der Waals surface area contributed by atoms with Gasteiger partial charge in [-0.2, -0.15) is 8.78 Å². The van der Waals surface area contributed by atoms with Crippen LogP contribution in [0.2, 0.25) is 0 Å². The van der Waals surface area contributed by atoms with Crippen molar-refractivity contribution < 1.29 is 18.6 Å². The first kappa shape index (κ1) is 12.9. The summed E-state index contributed by atoms with van der Waals surface area (Å²) in [6, 6.07) is 6.49. The number of halogens is 2. The van der Waals surface area contributed by atoms with Crippen LogP contribution in [0.4, 0.5) is 8.78 Å². The minimum Gasteiger partial charge on any atom is -0.435 e. The zero-order chi connectivity index (χ0) is 12.0. The maximum Gasteiger partial charge on any atom is 0.387 e. The molecule has 0 saturated carbocycles. The Morgan fingerprint density at radius 1 is 1.31 bits per heavy atom. The van der Waals surface area contributed by atoms with Gasteiger partial charge in [0.1, 0.15) is 5.75 Å². The second-order valence-electron chi connectivity index (χ2n) is 3.35. The van der Waals surface area contributed by atoms with E-state index in [4.69, 9.17) is 5.11 Å². The Morgan fingerprint density at radius 2 is 1.94 bits per heavy atom. The summed E-state index contributed by atoms with van der Waals surface area (Å²) in [5.41, 5.74) is 0.954. The van der Waals surface area contributed by atoms with Gasteiger partial charge in [-0.25, -0.2) is 0 Å². The molecule has 0 aliphatic rings. The van der Waals surface area contributed by atoms with Crippen molar-refractivity contribution in [3.63, 3.8) is 0 Å². The number of rotatable bonds is 6. The van der Waals surface area contributed by atoms with Crippen molar-refractivity contribution in [2.45, 2.75) is 19.6 Å². The van der Waals surface area contributed by atoms with E-state index in [9.17, 15) is 8.78 Å². The molecule has 3 nitrogen and oxygen atoms in total. The molecule has 0 aromatic heterocycles. The molecule has 0 radical (unpaired) electrons. The van der Waals surface area contributed by atoms with E-state index < -0.39 is 6.61 Å². The summed E-state index contributed by atoms with van der Waals surface area (Å²) in [7, 11) is 0. The average Bonchev–Trinajstić information content (AvgIpc) is 2.26. The van der Waals surface area contributed by atoms with Crippen molar-refractivity contribution in [1.29, 1.82) is 0 Å². The van der Waals surface area contributed by atoms with Gasteiger partial charge in [0.25, 0.3) is 0 Å². The standard InChI is InChI=1S/C11H15F2NO2/c1-8(14-6-7-15)9-2-4-10(5-3-9)16-11(12)13/h2-5,8,11,14-15H,6-7H2,1H3. The number of nitrogens with one attached hydrogen (secondary N) is 1. The van der Waals surface area contributed by atoms with Gasteiger partial charge in [-0.1, -0.05) is 12.1 Å². The Hall–Kier alpha value is -1.20.